The maximum absolute atomic E-state index is 13.4. The summed E-state index contributed by atoms with van der Waals surface area (Å²) >= 11 is 0. The Balaban J connectivity index is 1.73. The van der Waals surface area contributed by atoms with Crippen LogP contribution in [0, 0.1) is 0 Å². The third-order valence-corrected chi connectivity index (χ3v) is 6.26. The highest BCUT2D eigenvalue weighted by atomic mass is 19.4. The highest BCUT2D eigenvalue weighted by molar-refractivity contribution is 5.97. The lowest BCUT2D eigenvalue weighted by molar-refractivity contribution is -0.137. The number of halogens is 3. The van der Waals surface area contributed by atoms with Crippen LogP contribution in [0.25, 0.3) is 0 Å². The molecule has 0 saturated carbocycles. The molecule has 192 valence electrons. The molecular weight excluding hydrogens is 463 g/mol. The van der Waals surface area contributed by atoms with Crippen LogP contribution in [0.5, 0.6) is 5.75 Å². The summed E-state index contributed by atoms with van der Waals surface area (Å²) < 4.78 is 59.6. The summed E-state index contributed by atoms with van der Waals surface area (Å²) in [4.78, 5) is 19.5. The second-order valence-corrected chi connectivity index (χ2v) is 10.3. The maximum Gasteiger partial charge on any atom is 0.416 e. The Morgan fingerprint density at radius 3 is 2.60 bits per heavy atom. The van der Waals surface area contributed by atoms with E-state index in [1.54, 1.807) is 10.8 Å². The number of hydrogen-bond acceptors (Lipinski definition) is 5. The van der Waals surface area contributed by atoms with Gasteiger partial charge >= 0.3 is 11.9 Å². The van der Waals surface area contributed by atoms with Gasteiger partial charge in [-0.2, -0.15) is 18.2 Å². The number of oxazole rings is 1. The molecule has 35 heavy (non-hydrogen) atoms. The molecule has 0 spiro atoms. The first kappa shape index (κ1) is 25.5. The third-order valence-electron chi connectivity index (χ3n) is 6.26. The SMILES string of the molecule is CN1CC[C@H](Oc2ccc(C(F)(F)F)cc2C(=O)/N=c2\oc(C(C)(C)C)cn2C[C@H]2CCCO2)C1. The summed E-state index contributed by atoms with van der Waals surface area (Å²) in [6.45, 7) is 8.43. The first-order valence-electron chi connectivity index (χ1n) is 11.9. The molecule has 3 heterocycles. The Morgan fingerprint density at radius 1 is 1.23 bits per heavy atom. The monoisotopic (exact) mass is 495 g/mol. The summed E-state index contributed by atoms with van der Waals surface area (Å²) in [6, 6.07) is 2.93. The molecule has 2 aliphatic rings. The highest BCUT2D eigenvalue weighted by Crippen LogP contribution is 2.34. The van der Waals surface area contributed by atoms with Crippen molar-refractivity contribution in [3.63, 3.8) is 0 Å². The molecule has 2 atom stereocenters. The maximum atomic E-state index is 13.4. The molecule has 2 saturated heterocycles. The number of likely N-dealkylation sites (N-methyl/N-ethyl adjacent to an activating group) is 1. The average Bonchev–Trinajstić information content (AvgIpc) is 3.50. The largest absolute Gasteiger partial charge is 0.488 e. The number of likely N-dealkylation sites (tertiary alicyclic amines) is 1. The van der Waals surface area contributed by atoms with Gasteiger partial charge in [-0.1, -0.05) is 20.8 Å². The molecule has 1 aromatic heterocycles. The Bertz CT molecular complexity index is 1120. The number of amides is 1. The van der Waals surface area contributed by atoms with E-state index in [1.165, 1.54) is 6.07 Å². The number of hydrogen-bond donors (Lipinski definition) is 0. The fourth-order valence-corrected chi connectivity index (χ4v) is 4.25. The molecule has 2 aromatic rings. The number of carbonyl (C=O) groups is 1. The lowest BCUT2D eigenvalue weighted by Gasteiger charge is -2.17. The lowest BCUT2D eigenvalue weighted by atomic mass is 9.94. The van der Waals surface area contributed by atoms with Gasteiger partial charge in [0.2, 0.25) is 0 Å². The van der Waals surface area contributed by atoms with Gasteiger partial charge in [-0.15, -0.1) is 0 Å². The van der Waals surface area contributed by atoms with Crippen LogP contribution in [0.4, 0.5) is 13.2 Å². The number of alkyl halides is 3. The van der Waals surface area contributed by atoms with Crippen LogP contribution in [-0.2, 0) is 22.9 Å². The number of nitrogens with zero attached hydrogens (tertiary/aromatic N) is 3. The summed E-state index contributed by atoms with van der Waals surface area (Å²) in [5.41, 5.74) is -1.51. The molecule has 7 nitrogen and oxygen atoms in total. The van der Waals surface area contributed by atoms with Crippen molar-refractivity contribution >= 4 is 5.91 Å². The van der Waals surface area contributed by atoms with Crippen LogP contribution in [0.1, 0.15) is 61.7 Å². The Morgan fingerprint density at radius 2 is 2.00 bits per heavy atom. The van der Waals surface area contributed by atoms with Crippen molar-refractivity contribution in [2.45, 2.75) is 70.4 Å². The van der Waals surface area contributed by atoms with E-state index >= 15 is 0 Å². The van der Waals surface area contributed by atoms with E-state index in [4.69, 9.17) is 13.9 Å². The van der Waals surface area contributed by atoms with Crippen LogP contribution in [0.2, 0.25) is 0 Å². The van der Waals surface area contributed by atoms with Gasteiger partial charge in [0.1, 0.15) is 17.6 Å². The molecule has 1 aromatic carbocycles. The second-order valence-electron chi connectivity index (χ2n) is 10.3. The first-order chi connectivity index (χ1) is 16.4. The standard InChI is InChI=1S/C25H32F3N3O4/c1-24(2,3)21-15-31(14-17-6-5-11-33-17)23(35-21)29-22(32)19-12-16(25(26,27)28)7-8-20(19)34-18-9-10-30(4)13-18/h7-8,12,15,17-18H,5-6,9-11,13-14H2,1-4H3/b29-23-/t17-,18+/m1/s1. The molecule has 0 aliphatic carbocycles. The summed E-state index contributed by atoms with van der Waals surface area (Å²) in [6.07, 6.45) is -0.544. The van der Waals surface area contributed by atoms with Crippen molar-refractivity contribution in [3.05, 3.63) is 47.0 Å². The summed E-state index contributed by atoms with van der Waals surface area (Å²) in [5, 5.41) is 0. The van der Waals surface area contributed by atoms with Crippen LogP contribution >= 0.6 is 0 Å². The van der Waals surface area contributed by atoms with Gasteiger partial charge in [0.25, 0.3) is 5.91 Å². The van der Waals surface area contributed by atoms with E-state index in [2.05, 4.69) is 9.89 Å². The zero-order chi connectivity index (χ0) is 25.4. The summed E-state index contributed by atoms with van der Waals surface area (Å²) in [7, 11) is 1.94. The van der Waals surface area contributed by atoms with Gasteiger partial charge in [-0.05, 0) is 44.5 Å². The zero-order valence-electron chi connectivity index (χ0n) is 20.5. The van der Waals surface area contributed by atoms with Crippen molar-refractivity contribution in [2.75, 3.05) is 26.7 Å². The van der Waals surface area contributed by atoms with Gasteiger partial charge in [-0.25, -0.2) is 0 Å². The van der Waals surface area contributed by atoms with Gasteiger partial charge in [0, 0.05) is 31.3 Å². The first-order valence-corrected chi connectivity index (χ1v) is 11.9. The number of rotatable bonds is 5. The van der Waals surface area contributed by atoms with Crippen molar-refractivity contribution in [3.8, 4) is 5.75 Å². The predicted molar refractivity (Wildman–Crippen MR) is 122 cm³/mol. The minimum atomic E-state index is -4.61. The van der Waals surface area contributed by atoms with Crippen molar-refractivity contribution in [2.24, 2.45) is 4.99 Å². The fraction of sp³-hybridized carbons (Fsp3) is 0.600. The van der Waals surface area contributed by atoms with Crippen LogP contribution < -0.4 is 10.4 Å². The van der Waals surface area contributed by atoms with Crippen LogP contribution in [0.15, 0.2) is 33.8 Å². The zero-order valence-corrected chi connectivity index (χ0v) is 20.5. The van der Waals surface area contributed by atoms with Crippen molar-refractivity contribution in [1.29, 1.82) is 0 Å². The molecule has 2 fully saturated rings. The molecule has 0 bridgehead atoms. The number of carbonyl (C=O) groups excluding carboxylic acids is 1. The molecule has 0 radical (unpaired) electrons. The Kier molecular flexibility index (Phi) is 7.15. The van der Waals surface area contributed by atoms with Gasteiger partial charge < -0.3 is 18.8 Å². The predicted octanol–water partition coefficient (Wildman–Crippen LogP) is 4.40. The van der Waals surface area contributed by atoms with E-state index in [-0.39, 0.29) is 34.6 Å². The number of aromatic nitrogens is 1. The lowest BCUT2D eigenvalue weighted by Crippen LogP contribution is -2.25. The Hall–Kier alpha value is -2.59. The topological polar surface area (TPSA) is 69.2 Å². The van der Waals surface area contributed by atoms with Gasteiger partial charge in [0.05, 0.1) is 23.8 Å². The minimum absolute atomic E-state index is 0.0272. The number of ether oxygens (including phenoxy) is 2. The van der Waals surface area contributed by atoms with E-state index in [9.17, 15) is 18.0 Å². The third kappa shape index (κ3) is 6.16. The average molecular weight is 496 g/mol. The van der Waals surface area contributed by atoms with Crippen molar-refractivity contribution in [1.82, 2.24) is 9.47 Å². The van der Waals surface area contributed by atoms with Crippen molar-refractivity contribution < 1.29 is 31.9 Å². The molecule has 4 rings (SSSR count). The van der Waals surface area contributed by atoms with E-state index in [1.807, 2.05) is 27.8 Å². The van der Waals surface area contributed by atoms with E-state index in [0.29, 0.717) is 25.5 Å². The normalized spacial score (nSPS) is 22.2. The van der Waals surface area contributed by atoms with Gasteiger partial charge in [-0.3, -0.25) is 9.36 Å². The smallest absolute Gasteiger partial charge is 0.416 e. The summed E-state index contributed by atoms with van der Waals surface area (Å²) in [5.74, 6) is -0.162. The van der Waals surface area contributed by atoms with Gasteiger partial charge in [0.15, 0.2) is 0 Å². The van der Waals surface area contributed by atoms with Crippen LogP contribution in [-0.4, -0.2) is 54.3 Å². The van der Waals surface area contributed by atoms with E-state index < -0.39 is 17.6 Å². The quantitative estimate of drug-likeness (QED) is 0.615. The molecule has 2 aliphatic heterocycles. The van der Waals surface area contributed by atoms with E-state index in [0.717, 1.165) is 37.9 Å². The molecule has 0 unspecified atom stereocenters. The number of benzene rings is 1. The Labute approximate surface area is 202 Å². The molecule has 10 heteroatoms. The van der Waals surface area contributed by atoms with Crippen LogP contribution in [0.3, 0.4) is 0 Å². The minimum Gasteiger partial charge on any atom is -0.488 e. The molecular formula is C25H32F3N3O4. The second kappa shape index (κ2) is 9.81. The molecule has 0 N–H and O–H groups in total. The molecule has 1 amide bonds. The fourth-order valence-electron chi connectivity index (χ4n) is 4.25. The highest BCUT2D eigenvalue weighted by Gasteiger charge is 2.33.